The van der Waals surface area contributed by atoms with E-state index >= 15 is 0 Å². The molecule has 0 bridgehead atoms. The lowest BCUT2D eigenvalue weighted by atomic mass is 10.2. The number of nitriles is 1. The molecule has 3 rings (SSSR count). The first-order valence-electron chi connectivity index (χ1n) is 6.97. The smallest absolute Gasteiger partial charge is 0.241 e. The van der Waals surface area contributed by atoms with Crippen molar-refractivity contribution in [3.8, 4) is 6.07 Å². The van der Waals surface area contributed by atoms with Gasteiger partial charge in [-0.2, -0.15) is 10.4 Å². The van der Waals surface area contributed by atoms with Crippen molar-refractivity contribution in [1.29, 1.82) is 5.26 Å². The molecular weight excluding hydrogens is 312 g/mol. The van der Waals surface area contributed by atoms with Gasteiger partial charge in [-0.1, -0.05) is 30.3 Å². The molecule has 0 saturated heterocycles. The number of nitrogens with one attached hydrogen (secondary N) is 2. The van der Waals surface area contributed by atoms with Gasteiger partial charge in [-0.3, -0.25) is 5.10 Å². The number of nitrogens with zero attached hydrogens (tertiary/aromatic N) is 2. The van der Waals surface area contributed by atoms with Crippen molar-refractivity contribution in [3.05, 3.63) is 59.8 Å². The first-order chi connectivity index (χ1) is 11.1. The average molecular weight is 326 g/mol. The van der Waals surface area contributed by atoms with Crippen LogP contribution >= 0.6 is 0 Å². The van der Waals surface area contributed by atoms with Gasteiger partial charge in [-0.05, 0) is 23.3 Å². The molecule has 3 aromatic rings. The van der Waals surface area contributed by atoms with Crippen molar-refractivity contribution < 1.29 is 8.42 Å². The monoisotopic (exact) mass is 326 g/mol. The molecule has 23 heavy (non-hydrogen) atoms. The molecule has 0 saturated carbocycles. The summed E-state index contributed by atoms with van der Waals surface area (Å²) in [7, 11) is -3.68. The number of sulfonamides is 1. The van der Waals surface area contributed by atoms with Crippen molar-refractivity contribution in [2.45, 2.75) is 17.9 Å². The van der Waals surface area contributed by atoms with Crippen molar-refractivity contribution in [2.24, 2.45) is 0 Å². The quantitative estimate of drug-likeness (QED) is 0.750. The van der Waals surface area contributed by atoms with E-state index in [9.17, 15) is 8.42 Å². The predicted molar refractivity (Wildman–Crippen MR) is 85.9 cm³/mol. The molecule has 2 aromatic carbocycles. The Morgan fingerprint density at radius 2 is 2.04 bits per heavy atom. The maximum atomic E-state index is 12.5. The summed E-state index contributed by atoms with van der Waals surface area (Å²) in [5, 5.41) is 16.6. The van der Waals surface area contributed by atoms with E-state index in [1.807, 2.05) is 24.3 Å². The topological polar surface area (TPSA) is 98.6 Å². The van der Waals surface area contributed by atoms with E-state index in [4.69, 9.17) is 5.26 Å². The minimum atomic E-state index is -3.68. The third kappa shape index (κ3) is 3.23. The van der Waals surface area contributed by atoms with E-state index in [1.165, 1.54) is 6.07 Å². The molecular formula is C16H14N4O2S. The van der Waals surface area contributed by atoms with Crippen LogP contribution in [0.4, 0.5) is 0 Å². The van der Waals surface area contributed by atoms with Gasteiger partial charge in [0.25, 0.3) is 0 Å². The number of fused-ring (bicyclic) bond motifs is 1. The van der Waals surface area contributed by atoms with Gasteiger partial charge in [0, 0.05) is 11.9 Å². The molecule has 0 aliphatic carbocycles. The summed E-state index contributed by atoms with van der Waals surface area (Å²) in [6, 6.07) is 14.1. The number of aromatic amines is 1. The van der Waals surface area contributed by atoms with Gasteiger partial charge >= 0.3 is 0 Å². The Morgan fingerprint density at radius 1 is 1.22 bits per heavy atom. The number of benzene rings is 2. The number of hydrogen-bond donors (Lipinski definition) is 2. The second kappa shape index (κ2) is 6.20. The summed E-state index contributed by atoms with van der Waals surface area (Å²) in [6.45, 7) is 0.165. The summed E-state index contributed by atoms with van der Waals surface area (Å²) in [4.78, 5) is 0.143. The molecule has 0 radical (unpaired) electrons. The van der Waals surface area contributed by atoms with Crippen LogP contribution in [0.5, 0.6) is 0 Å². The zero-order valence-corrected chi connectivity index (χ0v) is 13.0. The van der Waals surface area contributed by atoms with E-state index in [1.54, 1.807) is 24.4 Å². The molecule has 0 aliphatic rings. The lowest BCUT2D eigenvalue weighted by Gasteiger charge is -2.10. The standard InChI is InChI=1S/C16H14N4O2S/c17-8-7-13-3-1-2-4-16(13)23(21,22)19-10-12-5-6-14-11-18-20-15(14)9-12/h1-6,9,11,19H,7,10H2,(H,18,20). The Hall–Kier alpha value is -2.69. The van der Waals surface area contributed by atoms with Gasteiger partial charge < -0.3 is 0 Å². The van der Waals surface area contributed by atoms with Gasteiger partial charge in [0.05, 0.1) is 29.1 Å². The van der Waals surface area contributed by atoms with Crippen LogP contribution in [0.1, 0.15) is 11.1 Å². The SMILES string of the molecule is N#CCc1ccccc1S(=O)(=O)NCc1ccc2cn[nH]c2c1. The van der Waals surface area contributed by atoms with Gasteiger partial charge in [-0.25, -0.2) is 13.1 Å². The molecule has 116 valence electrons. The third-order valence-corrected chi connectivity index (χ3v) is 5.01. The summed E-state index contributed by atoms with van der Waals surface area (Å²) in [5.41, 5.74) is 2.17. The Labute approximate surface area is 133 Å². The fourth-order valence-corrected chi connectivity index (χ4v) is 3.60. The molecule has 0 fully saturated rings. The number of hydrogen-bond acceptors (Lipinski definition) is 4. The fourth-order valence-electron chi connectivity index (χ4n) is 2.35. The van der Waals surface area contributed by atoms with Crippen LogP contribution in [0.2, 0.25) is 0 Å². The normalized spacial score (nSPS) is 11.4. The molecule has 2 N–H and O–H groups in total. The van der Waals surface area contributed by atoms with Crippen LogP contribution in [-0.4, -0.2) is 18.6 Å². The Kier molecular flexibility index (Phi) is 4.10. The molecule has 6 nitrogen and oxygen atoms in total. The van der Waals surface area contributed by atoms with Crippen LogP contribution in [0.25, 0.3) is 10.9 Å². The molecule has 0 amide bonds. The highest BCUT2D eigenvalue weighted by molar-refractivity contribution is 7.89. The highest BCUT2D eigenvalue weighted by atomic mass is 32.2. The molecule has 1 aromatic heterocycles. The van der Waals surface area contributed by atoms with Crippen molar-refractivity contribution in [2.75, 3.05) is 0 Å². The van der Waals surface area contributed by atoms with Crippen molar-refractivity contribution in [3.63, 3.8) is 0 Å². The van der Waals surface area contributed by atoms with E-state index in [0.717, 1.165) is 16.5 Å². The second-order valence-electron chi connectivity index (χ2n) is 5.06. The van der Waals surface area contributed by atoms with Crippen LogP contribution in [-0.2, 0) is 23.0 Å². The maximum Gasteiger partial charge on any atom is 0.241 e. The Bertz CT molecular complexity index is 986. The molecule has 0 atom stereocenters. The average Bonchev–Trinajstić information content (AvgIpc) is 3.01. The zero-order valence-electron chi connectivity index (χ0n) is 12.2. The first kappa shape index (κ1) is 15.2. The van der Waals surface area contributed by atoms with Crippen LogP contribution < -0.4 is 4.72 Å². The van der Waals surface area contributed by atoms with Crippen molar-refractivity contribution >= 4 is 20.9 Å². The lowest BCUT2D eigenvalue weighted by Crippen LogP contribution is -2.24. The largest absolute Gasteiger partial charge is 0.278 e. The minimum Gasteiger partial charge on any atom is -0.278 e. The number of H-pyrrole nitrogens is 1. The molecule has 0 unspecified atom stereocenters. The first-order valence-corrected chi connectivity index (χ1v) is 8.45. The molecule has 1 heterocycles. The second-order valence-corrected chi connectivity index (χ2v) is 6.79. The number of rotatable bonds is 5. The Balaban J connectivity index is 1.82. The lowest BCUT2D eigenvalue weighted by molar-refractivity contribution is 0.580. The number of aromatic nitrogens is 2. The van der Waals surface area contributed by atoms with Crippen LogP contribution in [0.15, 0.2) is 53.6 Å². The molecule has 7 heteroatoms. The predicted octanol–water partition coefficient (Wildman–Crippen LogP) is 2.11. The van der Waals surface area contributed by atoms with Gasteiger partial charge in [-0.15, -0.1) is 0 Å². The molecule has 0 aliphatic heterocycles. The minimum absolute atomic E-state index is 0.0528. The van der Waals surface area contributed by atoms with Crippen molar-refractivity contribution in [1.82, 2.24) is 14.9 Å². The van der Waals surface area contributed by atoms with Gasteiger partial charge in [0.2, 0.25) is 10.0 Å². The molecule has 0 spiro atoms. The fraction of sp³-hybridized carbons (Fsp3) is 0.125. The summed E-state index contributed by atoms with van der Waals surface area (Å²) < 4.78 is 27.5. The van der Waals surface area contributed by atoms with E-state index in [2.05, 4.69) is 14.9 Å². The van der Waals surface area contributed by atoms with Gasteiger partial charge in [0.1, 0.15) is 0 Å². The summed E-state index contributed by atoms with van der Waals surface area (Å²) in [6.07, 6.45) is 1.76. The van der Waals surface area contributed by atoms with E-state index in [-0.39, 0.29) is 17.9 Å². The zero-order chi connectivity index (χ0) is 16.3. The van der Waals surface area contributed by atoms with Crippen LogP contribution in [0, 0.1) is 11.3 Å². The van der Waals surface area contributed by atoms with Gasteiger partial charge in [0.15, 0.2) is 0 Å². The summed E-state index contributed by atoms with van der Waals surface area (Å²) >= 11 is 0. The Morgan fingerprint density at radius 3 is 2.87 bits per heavy atom. The van der Waals surface area contributed by atoms with E-state index in [0.29, 0.717) is 5.56 Å². The maximum absolute atomic E-state index is 12.5. The highest BCUT2D eigenvalue weighted by Gasteiger charge is 2.17. The third-order valence-electron chi connectivity index (χ3n) is 3.50. The summed E-state index contributed by atoms with van der Waals surface area (Å²) in [5.74, 6) is 0. The van der Waals surface area contributed by atoms with E-state index < -0.39 is 10.0 Å². The highest BCUT2D eigenvalue weighted by Crippen LogP contribution is 2.17. The van der Waals surface area contributed by atoms with Crippen LogP contribution in [0.3, 0.4) is 0 Å².